The zero-order chi connectivity index (χ0) is 13.9. The Hall–Kier alpha value is -2.56. The first-order valence-corrected chi connectivity index (χ1v) is 6.03. The highest BCUT2D eigenvalue weighted by molar-refractivity contribution is 5.89. The first kappa shape index (κ1) is 12.5. The molecule has 0 N–H and O–H groups in total. The average molecular weight is 274 g/mol. The van der Waals surface area contributed by atoms with Crippen LogP contribution in [0.5, 0.6) is 11.5 Å². The lowest BCUT2D eigenvalue weighted by Crippen LogP contribution is -2.05. The second-order valence-corrected chi connectivity index (χ2v) is 4.27. The van der Waals surface area contributed by atoms with Crippen LogP contribution in [0.2, 0.25) is 0 Å². The first-order valence-electron chi connectivity index (χ1n) is 6.03. The predicted octanol–water partition coefficient (Wildman–Crippen LogP) is 2.91. The average Bonchev–Trinajstić information content (AvgIpc) is 2.93. The molecule has 0 atom stereocenters. The summed E-state index contributed by atoms with van der Waals surface area (Å²) in [6, 6.07) is 10.5. The summed E-state index contributed by atoms with van der Waals surface area (Å²) in [6.45, 7) is 0.320. The molecule has 3 rings (SSSR count). The third-order valence-electron chi connectivity index (χ3n) is 2.89. The van der Waals surface area contributed by atoms with Crippen LogP contribution in [0.3, 0.4) is 0 Å². The molecule has 0 saturated carbocycles. The molecule has 0 fully saturated rings. The van der Waals surface area contributed by atoms with E-state index in [-0.39, 0.29) is 13.4 Å². The molecule has 1 aliphatic rings. The lowest BCUT2D eigenvalue weighted by Gasteiger charge is -2.06. The van der Waals surface area contributed by atoms with Gasteiger partial charge in [0.15, 0.2) is 11.5 Å². The number of rotatable bonds is 3. The van der Waals surface area contributed by atoms with Crippen LogP contribution in [0.4, 0.5) is 4.39 Å². The van der Waals surface area contributed by atoms with Crippen LogP contribution in [-0.2, 0) is 11.3 Å². The van der Waals surface area contributed by atoms with E-state index in [9.17, 15) is 9.18 Å². The zero-order valence-corrected chi connectivity index (χ0v) is 10.5. The SMILES string of the molecule is O=C(OCc1ccc2c(c1)OCO2)c1ccc(F)cc1. The Kier molecular flexibility index (Phi) is 3.25. The maximum atomic E-state index is 12.8. The van der Waals surface area contributed by atoms with Crippen LogP contribution in [0.15, 0.2) is 42.5 Å². The maximum Gasteiger partial charge on any atom is 0.338 e. The normalized spacial score (nSPS) is 12.2. The number of halogens is 1. The van der Waals surface area contributed by atoms with Gasteiger partial charge in [0.25, 0.3) is 0 Å². The summed E-state index contributed by atoms with van der Waals surface area (Å²) < 4.78 is 28.3. The van der Waals surface area contributed by atoms with Crippen molar-refractivity contribution in [2.75, 3.05) is 6.79 Å². The van der Waals surface area contributed by atoms with Gasteiger partial charge in [0, 0.05) is 0 Å². The first-order chi connectivity index (χ1) is 9.72. The maximum absolute atomic E-state index is 12.8. The Labute approximate surface area is 114 Å². The van der Waals surface area contributed by atoms with Crippen molar-refractivity contribution in [3.05, 3.63) is 59.4 Å². The van der Waals surface area contributed by atoms with Gasteiger partial charge >= 0.3 is 5.97 Å². The van der Waals surface area contributed by atoms with Crippen LogP contribution < -0.4 is 9.47 Å². The van der Waals surface area contributed by atoms with Crippen molar-refractivity contribution in [3.63, 3.8) is 0 Å². The van der Waals surface area contributed by atoms with Crippen LogP contribution in [-0.4, -0.2) is 12.8 Å². The largest absolute Gasteiger partial charge is 0.457 e. The van der Waals surface area contributed by atoms with Gasteiger partial charge in [-0.3, -0.25) is 0 Å². The minimum Gasteiger partial charge on any atom is -0.457 e. The van der Waals surface area contributed by atoms with Crippen molar-refractivity contribution in [2.45, 2.75) is 6.61 Å². The molecule has 5 heteroatoms. The highest BCUT2D eigenvalue weighted by atomic mass is 19.1. The number of hydrogen-bond acceptors (Lipinski definition) is 4. The third kappa shape index (κ3) is 2.56. The van der Waals surface area contributed by atoms with E-state index in [1.165, 1.54) is 24.3 Å². The van der Waals surface area contributed by atoms with Crippen molar-refractivity contribution in [1.82, 2.24) is 0 Å². The number of hydrogen-bond donors (Lipinski definition) is 0. The van der Waals surface area contributed by atoms with Gasteiger partial charge in [-0.1, -0.05) is 6.07 Å². The van der Waals surface area contributed by atoms with Crippen molar-refractivity contribution in [2.24, 2.45) is 0 Å². The Morgan fingerprint density at radius 2 is 1.85 bits per heavy atom. The Morgan fingerprint density at radius 3 is 2.65 bits per heavy atom. The fourth-order valence-corrected chi connectivity index (χ4v) is 1.85. The topological polar surface area (TPSA) is 44.8 Å². The molecule has 0 amide bonds. The van der Waals surface area contributed by atoms with E-state index in [4.69, 9.17) is 14.2 Å². The molecule has 2 aromatic rings. The fraction of sp³-hybridized carbons (Fsp3) is 0.133. The van der Waals surface area contributed by atoms with Crippen molar-refractivity contribution < 1.29 is 23.4 Å². The lowest BCUT2D eigenvalue weighted by atomic mass is 10.2. The van der Waals surface area contributed by atoms with Gasteiger partial charge in [0.2, 0.25) is 6.79 Å². The summed E-state index contributed by atoms with van der Waals surface area (Å²) in [5.74, 6) is 0.430. The Bertz CT molecular complexity index is 637. The molecule has 1 aliphatic heterocycles. The van der Waals surface area contributed by atoms with Crippen LogP contribution in [0, 0.1) is 5.82 Å². The molecule has 0 unspecified atom stereocenters. The van der Waals surface area contributed by atoms with Gasteiger partial charge in [0.05, 0.1) is 5.56 Å². The highest BCUT2D eigenvalue weighted by Crippen LogP contribution is 2.32. The molecule has 20 heavy (non-hydrogen) atoms. The van der Waals surface area contributed by atoms with Crippen LogP contribution in [0.25, 0.3) is 0 Å². The van der Waals surface area contributed by atoms with Crippen molar-refractivity contribution >= 4 is 5.97 Å². The van der Waals surface area contributed by atoms with Crippen molar-refractivity contribution in [3.8, 4) is 11.5 Å². The summed E-state index contributed by atoms with van der Waals surface area (Å²) in [4.78, 5) is 11.8. The van der Waals surface area contributed by atoms with E-state index in [1.54, 1.807) is 18.2 Å². The van der Waals surface area contributed by atoms with E-state index in [0.717, 1.165) is 5.56 Å². The van der Waals surface area contributed by atoms with E-state index >= 15 is 0 Å². The molecule has 2 aromatic carbocycles. The molecule has 0 saturated heterocycles. The summed E-state index contributed by atoms with van der Waals surface area (Å²) in [6.07, 6.45) is 0. The summed E-state index contributed by atoms with van der Waals surface area (Å²) in [5.41, 5.74) is 1.11. The molecule has 0 spiro atoms. The van der Waals surface area contributed by atoms with E-state index in [1.807, 2.05) is 0 Å². The van der Waals surface area contributed by atoms with Gasteiger partial charge in [-0.05, 0) is 42.0 Å². The minimum absolute atomic E-state index is 0.118. The number of benzene rings is 2. The van der Waals surface area contributed by atoms with E-state index < -0.39 is 11.8 Å². The molecular weight excluding hydrogens is 263 g/mol. The number of carbonyl (C=O) groups excluding carboxylic acids is 1. The van der Waals surface area contributed by atoms with Gasteiger partial charge in [-0.25, -0.2) is 9.18 Å². The summed E-state index contributed by atoms with van der Waals surface area (Å²) in [5, 5.41) is 0. The number of fused-ring (bicyclic) bond motifs is 1. The number of esters is 1. The predicted molar refractivity (Wildman–Crippen MR) is 68.1 cm³/mol. The molecule has 102 valence electrons. The number of carbonyl (C=O) groups is 1. The van der Waals surface area contributed by atoms with Gasteiger partial charge < -0.3 is 14.2 Å². The van der Waals surface area contributed by atoms with E-state index in [0.29, 0.717) is 17.1 Å². The van der Waals surface area contributed by atoms with E-state index in [2.05, 4.69) is 0 Å². The molecule has 0 aromatic heterocycles. The summed E-state index contributed by atoms with van der Waals surface area (Å²) >= 11 is 0. The quantitative estimate of drug-likeness (QED) is 0.807. The lowest BCUT2D eigenvalue weighted by molar-refractivity contribution is 0.0472. The second kappa shape index (κ2) is 5.21. The zero-order valence-electron chi connectivity index (χ0n) is 10.5. The number of ether oxygens (including phenoxy) is 3. The standard InChI is InChI=1S/C15H11FO4/c16-12-4-2-11(3-5-12)15(17)18-8-10-1-6-13-14(7-10)20-9-19-13/h1-7H,8-9H2. The fourth-order valence-electron chi connectivity index (χ4n) is 1.85. The minimum atomic E-state index is -0.498. The van der Waals surface area contributed by atoms with Gasteiger partial charge in [0.1, 0.15) is 12.4 Å². The monoisotopic (exact) mass is 274 g/mol. The third-order valence-corrected chi connectivity index (χ3v) is 2.89. The Balaban J connectivity index is 1.64. The molecule has 0 bridgehead atoms. The molecule has 1 heterocycles. The molecule has 0 radical (unpaired) electrons. The molecular formula is C15H11FO4. The summed E-state index contributed by atoms with van der Waals surface area (Å²) in [7, 11) is 0. The van der Waals surface area contributed by atoms with Gasteiger partial charge in [-0.15, -0.1) is 0 Å². The Morgan fingerprint density at radius 1 is 1.10 bits per heavy atom. The van der Waals surface area contributed by atoms with Crippen LogP contribution >= 0.6 is 0 Å². The van der Waals surface area contributed by atoms with Crippen LogP contribution in [0.1, 0.15) is 15.9 Å². The van der Waals surface area contributed by atoms with Gasteiger partial charge in [-0.2, -0.15) is 0 Å². The smallest absolute Gasteiger partial charge is 0.338 e. The highest BCUT2D eigenvalue weighted by Gasteiger charge is 2.14. The second-order valence-electron chi connectivity index (χ2n) is 4.27. The van der Waals surface area contributed by atoms with Crippen molar-refractivity contribution in [1.29, 1.82) is 0 Å². The molecule has 4 nitrogen and oxygen atoms in total. The molecule has 0 aliphatic carbocycles.